The molecule has 1 aromatic heterocycles. The van der Waals surface area contributed by atoms with Gasteiger partial charge in [-0.2, -0.15) is 10.1 Å². The summed E-state index contributed by atoms with van der Waals surface area (Å²) in [6.45, 7) is 0. The van der Waals surface area contributed by atoms with Crippen molar-refractivity contribution in [1.82, 2.24) is 14.8 Å². The summed E-state index contributed by atoms with van der Waals surface area (Å²) in [6.07, 6.45) is 3.60. The topological polar surface area (TPSA) is 78.3 Å². The highest BCUT2D eigenvalue weighted by atomic mass is 16.5. The van der Waals surface area contributed by atoms with Crippen LogP contribution < -0.4 is 10.1 Å². The van der Waals surface area contributed by atoms with Gasteiger partial charge in [0.25, 0.3) is 0 Å². The van der Waals surface area contributed by atoms with Crippen LogP contribution in [-0.2, 0) is 4.74 Å². The van der Waals surface area contributed by atoms with Crippen molar-refractivity contribution < 1.29 is 14.3 Å². The van der Waals surface area contributed by atoms with Crippen molar-refractivity contribution in [3.05, 3.63) is 77.6 Å². The van der Waals surface area contributed by atoms with Crippen LogP contribution >= 0.6 is 0 Å². The Hall–Kier alpha value is -3.61. The monoisotopic (exact) mass is 362 g/mol. The van der Waals surface area contributed by atoms with Crippen LogP contribution in [-0.4, -0.2) is 35.0 Å². The highest BCUT2D eigenvalue weighted by molar-refractivity contribution is 5.89. The number of carbonyl (C=O) groups excluding carboxylic acids is 1. The minimum Gasteiger partial charge on any atom is -0.497 e. The molecule has 0 bridgehead atoms. The van der Waals surface area contributed by atoms with E-state index in [2.05, 4.69) is 21.5 Å². The van der Waals surface area contributed by atoms with Crippen molar-refractivity contribution in [1.29, 1.82) is 0 Å². The van der Waals surface area contributed by atoms with Crippen molar-refractivity contribution in [2.45, 2.75) is 6.04 Å². The molecule has 1 aliphatic heterocycles. The molecule has 0 radical (unpaired) electrons. The number of nitrogens with one attached hydrogen (secondary N) is 1. The number of methoxy groups -OCH3 is 2. The van der Waals surface area contributed by atoms with Crippen LogP contribution in [0, 0.1) is 0 Å². The Morgan fingerprint density at radius 3 is 2.48 bits per heavy atom. The molecule has 0 amide bonds. The Kier molecular flexibility index (Phi) is 4.33. The molecule has 7 nitrogen and oxygen atoms in total. The molecule has 7 heteroatoms. The predicted molar refractivity (Wildman–Crippen MR) is 101 cm³/mol. The van der Waals surface area contributed by atoms with Gasteiger partial charge in [-0.15, -0.1) is 0 Å². The molecular weight excluding hydrogens is 344 g/mol. The third-order valence-electron chi connectivity index (χ3n) is 4.48. The number of aromatic nitrogens is 3. The highest BCUT2D eigenvalue weighted by Crippen LogP contribution is 2.32. The van der Waals surface area contributed by atoms with Crippen LogP contribution in [0.25, 0.3) is 5.70 Å². The largest absolute Gasteiger partial charge is 0.497 e. The van der Waals surface area contributed by atoms with E-state index in [9.17, 15) is 4.79 Å². The van der Waals surface area contributed by atoms with Gasteiger partial charge in [-0.25, -0.2) is 9.48 Å². The Morgan fingerprint density at radius 2 is 1.81 bits per heavy atom. The second kappa shape index (κ2) is 6.95. The number of ether oxygens (including phenoxy) is 2. The average Bonchev–Trinajstić information content (AvgIpc) is 3.21. The summed E-state index contributed by atoms with van der Waals surface area (Å²) >= 11 is 0. The van der Waals surface area contributed by atoms with E-state index in [4.69, 9.17) is 9.47 Å². The van der Waals surface area contributed by atoms with Crippen LogP contribution in [0.5, 0.6) is 5.75 Å². The van der Waals surface area contributed by atoms with Gasteiger partial charge >= 0.3 is 5.97 Å². The molecule has 4 rings (SSSR count). The van der Waals surface area contributed by atoms with Gasteiger partial charge in [0.1, 0.15) is 18.1 Å². The number of benzene rings is 2. The molecule has 2 heterocycles. The van der Waals surface area contributed by atoms with Crippen LogP contribution in [0.3, 0.4) is 0 Å². The quantitative estimate of drug-likeness (QED) is 0.719. The molecule has 1 aliphatic rings. The van der Waals surface area contributed by atoms with Crippen molar-refractivity contribution in [2.24, 2.45) is 0 Å². The summed E-state index contributed by atoms with van der Waals surface area (Å²) in [7, 11) is 3.01. The van der Waals surface area contributed by atoms with Crippen molar-refractivity contribution >= 4 is 17.6 Å². The first-order valence-electron chi connectivity index (χ1n) is 8.40. The molecule has 0 aliphatic carbocycles. The fourth-order valence-corrected chi connectivity index (χ4v) is 3.04. The van der Waals surface area contributed by atoms with Crippen LogP contribution in [0.2, 0.25) is 0 Å². The predicted octanol–water partition coefficient (Wildman–Crippen LogP) is 3.13. The van der Waals surface area contributed by atoms with Gasteiger partial charge in [-0.3, -0.25) is 0 Å². The van der Waals surface area contributed by atoms with E-state index in [1.807, 2.05) is 36.4 Å². The molecule has 1 unspecified atom stereocenters. The minimum absolute atomic E-state index is 0.146. The smallest absolute Gasteiger partial charge is 0.337 e. The number of fused-ring (bicyclic) bond motifs is 1. The molecular formula is C20H18N4O3. The van der Waals surface area contributed by atoms with E-state index in [1.54, 1.807) is 23.9 Å². The number of carbonyl (C=O) groups is 1. The van der Waals surface area contributed by atoms with Crippen LogP contribution in [0.1, 0.15) is 27.5 Å². The summed E-state index contributed by atoms with van der Waals surface area (Å²) in [4.78, 5) is 16.0. The normalized spacial score (nSPS) is 15.3. The molecule has 3 aromatic rings. The maximum absolute atomic E-state index is 11.7. The first kappa shape index (κ1) is 16.8. The van der Waals surface area contributed by atoms with E-state index in [-0.39, 0.29) is 12.0 Å². The summed E-state index contributed by atoms with van der Waals surface area (Å²) in [5, 5.41) is 7.64. The maximum atomic E-state index is 11.7. The average molecular weight is 362 g/mol. The fraction of sp³-hybridized carbons (Fsp3) is 0.150. The summed E-state index contributed by atoms with van der Waals surface area (Å²) in [5.74, 6) is 1.10. The minimum atomic E-state index is -0.359. The van der Waals surface area contributed by atoms with Crippen LogP contribution in [0.15, 0.2) is 60.9 Å². The standard InChI is InChI=1S/C20H18N4O3/c1-26-16-9-7-13(8-10-16)17-11-18(24-20(23-17)21-12-22-24)14-3-5-15(6-4-14)19(25)27-2/h3-12,18H,1-2H3,(H,21,22,23). The Labute approximate surface area is 156 Å². The molecule has 2 aromatic carbocycles. The summed E-state index contributed by atoms with van der Waals surface area (Å²) in [5.41, 5.74) is 3.44. The third kappa shape index (κ3) is 3.15. The number of hydrogen-bond acceptors (Lipinski definition) is 6. The molecule has 1 N–H and O–H groups in total. The van der Waals surface area contributed by atoms with E-state index in [0.717, 1.165) is 22.6 Å². The van der Waals surface area contributed by atoms with Gasteiger partial charge < -0.3 is 14.8 Å². The van der Waals surface area contributed by atoms with E-state index >= 15 is 0 Å². The van der Waals surface area contributed by atoms with E-state index in [0.29, 0.717) is 11.5 Å². The fourth-order valence-electron chi connectivity index (χ4n) is 3.04. The van der Waals surface area contributed by atoms with Gasteiger partial charge in [-0.1, -0.05) is 12.1 Å². The number of esters is 1. The second-order valence-corrected chi connectivity index (χ2v) is 6.02. The molecule has 0 fully saturated rings. The van der Waals surface area contributed by atoms with E-state index in [1.165, 1.54) is 13.4 Å². The van der Waals surface area contributed by atoms with Gasteiger partial charge in [0.2, 0.25) is 5.95 Å². The first-order chi connectivity index (χ1) is 13.2. The lowest BCUT2D eigenvalue weighted by molar-refractivity contribution is 0.0600. The first-order valence-corrected chi connectivity index (χ1v) is 8.40. The highest BCUT2D eigenvalue weighted by Gasteiger charge is 2.23. The molecule has 136 valence electrons. The number of hydrogen-bond donors (Lipinski definition) is 1. The molecule has 0 spiro atoms. The summed E-state index contributed by atoms with van der Waals surface area (Å²) in [6, 6.07) is 15.0. The zero-order valence-corrected chi connectivity index (χ0v) is 14.9. The number of nitrogens with zero attached hydrogens (tertiary/aromatic N) is 3. The van der Waals surface area contributed by atoms with Crippen molar-refractivity contribution in [3.63, 3.8) is 0 Å². The maximum Gasteiger partial charge on any atom is 0.337 e. The zero-order valence-electron chi connectivity index (χ0n) is 14.9. The number of anilines is 1. The van der Waals surface area contributed by atoms with Crippen molar-refractivity contribution in [2.75, 3.05) is 19.5 Å². The third-order valence-corrected chi connectivity index (χ3v) is 4.48. The van der Waals surface area contributed by atoms with Crippen LogP contribution in [0.4, 0.5) is 5.95 Å². The van der Waals surface area contributed by atoms with Gasteiger partial charge in [0.05, 0.1) is 19.8 Å². The summed E-state index contributed by atoms with van der Waals surface area (Å²) < 4.78 is 11.8. The molecule has 1 atom stereocenters. The lowest BCUT2D eigenvalue weighted by Gasteiger charge is -2.24. The van der Waals surface area contributed by atoms with Gasteiger partial charge in [-0.05, 0) is 53.6 Å². The van der Waals surface area contributed by atoms with E-state index < -0.39 is 0 Å². The van der Waals surface area contributed by atoms with Crippen molar-refractivity contribution in [3.8, 4) is 5.75 Å². The molecule has 0 saturated carbocycles. The van der Waals surface area contributed by atoms with Gasteiger partial charge in [0.15, 0.2) is 0 Å². The number of rotatable bonds is 4. The Balaban J connectivity index is 1.71. The Morgan fingerprint density at radius 1 is 1.07 bits per heavy atom. The second-order valence-electron chi connectivity index (χ2n) is 6.02. The number of allylic oxidation sites excluding steroid dienone is 1. The molecule has 27 heavy (non-hydrogen) atoms. The lowest BCUT2D eigenvalue weighted by Crippen LogP contribution is -2.20. The van der Waals surface area contributed by atoms with Gasteiger partial charge in [0, 0.05) is 5.70 Å². The SMILES string of the molecule is COC(=O)c1ccc(C2C=C(c3ccc(OC)cc3)Nc3ncnn32)cc1. The zero-order chi connectivity index (χ0) is 18.8. The Bertz CT molecular complexity index is 991. The molecule has 0 saturated heterocycles. The lowest BCUT2D eigenvalue weighted by atomic mass is 10.0.